The monoisotopic (exact) mass is 636 g/mol. The van der Waals surface area contributed by atoms with Crippen LogP contribution < -0.4 is 4.90 Å². The summed E-state index contributed by atoms with van der Waals surface area (Å²) in [6.07, 6.45) is 3.96. The van der Waals surface area contributed by atoms with E-state index in [1.807, 2.05) is 30.3 Å². The highest BCUT2D eigenvalue weighted by atomic mass is 35.5. The van der Waals surface area contributed by atoms with E-state index in [1.165, 1.54) is 6.26 Å². The van der Waals surface area contributed by atoms with Crippen molar-refractivity contribution in [1.29, 1.82) is 0 Å². The molecule has 1 atom stereocenters. The summed E-state index contributed by atoms with van der Waals surface area (Å²) < 4.78 is 40.3. The summed E-state index contributed by atoms with van der Waals surface area (Å²) in [6.45, 7) is -0.485. The molecule has 9 nitrogen and oxygen atoms in total. The molecule has 238 valence electrons. The number of hydrogen-bond donors (Lipinski definition) is 1. The van der Waals surface area contributed by atoms with Crippen molar-refractivity contribution in [3.8, 4) is 0 Å². The van der Waals surface area contributed by atoms with Crippen LogP contribution in [0.3, 0.4) is 0 Å². The fourth-order valence-electron chi connectivity index (χ4n) is 5.40. The average Bonchev–Trinajstić information content (AvgIpc) is 3.54. The molecule has 3 heterocycles. The van der Waals surface area contributed by atoms with Gasteiger partial charge in [-0.25, -0.2) is 0 Å². The van der Waals surface area contributed by atoms with E-state index in [0.717, 1.165) is 44.5 Å². The Hall–Kier alpha value is -3.61. The van der Waals surface area contributed by atoms with E-state index < -0.39 is 12.8 Å². The van der Waals surface area contributed by atoms with Crippen LogP contribution in [-0.2, 0) is 16.1 Å². The number of likely N-dealkylation sites (tertiary alicyclic amines) is 1. The molecular formula is C31H36ClF3N4O5. The minimum absolute atomic E-state index is 0.114. The number of carbonyl (C=O) groups is 2. The van der Waals surface area contributed by atoms with Crippen molar-refractivity contribution in [3.05, 3.63) is 82.7 Å². The molecular weight excluding hydrogens is 601 g/mol. The third kappa shape index (κ3) is 9.20. The number of benzene rings is 2. The first-order valence-corrected chi connectivity index (χ1v) is 14.8. The zero-order chi connectivity index (χ0) is 31.6. The second-order valence-corrected chi connectivity index (χ2v) is 11.1. The number of anilines is 1. The van der Waals surface area contributed by atoms with Crippen LogP contribution in [0.5, 0.6) is 0 Å². The van der Waals surface area contributed by atoms with Gasteiger partial charge in [0.25, 0.3) is 11.8 Å². The Bertz CT molecular complexity index is 1330. The van der Waals surface area contributed by atoms with Gasteiger partial charge in [-0.05, 0) is 49.4 Å². The molecule has 0 unspecified atom stereocenters. The number of ether oxygens (including phenoxy) is 1. The van der Waals surface area contributed by atoms with E-state index in [-0.39, 0.29) is 24.0 Å². The Kier molecular flexibility index (Phi) is 12.0. The standard InChI is InChI=1S/C30H35ClN4O5.CHF3/c1-33(20-22-13-18-39-32-22)29(37)26-8-7-23(19-27(26)31)34-14-9-24(10-15-34)40-25-11-16-35(17-12-25)30(38)28(36)21-5-3-2-4-6-21;2-1(3)4/h2-8,13,18-19,24-25,28,36H,9-12,14-17,20H2,1H3;1H/t28-;/m1./s1. The molecule has 2 amide bonds. The molecule has 2 saturated heterocycles. The smallest absolute Gasteiger partial charge is 0.378 e. The van der Waals surface area contributed by atoms with Gasteiger partial charge in [0.05, 0.1) is 29.3 Å². The maximum atomic E-state index is 12.9. The number of aliphatic hydroxyl groups is 1. The Morgan fingerprint density at radius 2 is 1.64 bits per heavy atom. The summed E-state index contributed by atoms with van der Waals surface area (Å²) in [5.74, 6) is -0.417. The van der Waals surface area contributed by atoms with E-state index in [9.17, 15) is 27.9 Å². The SMILES string of the molecule is CN(Cc1ccon1)C(=O)c1ccc(N2CCC(OC3CCN(C(=O)[C@H](O)c4ccccc4)CC3)CC2)cc1Cl.FC(F)F. The van der Waals surface area contributed by atoms with Crippen LogP contribution in [0.2, 0.25) is 5.02 Å². The zero-order valence-corrected chi connectivity index (χ0v) is 25.1. The maximum Gasteiger partial charge on any atom is 0.379 e. The molecule has 0 saturated carbocycles. The molecule has 13 heteroatoms. The van der Waals surface area contributed by atoms with Crippen LogP contribution in [0.4, 0.5) is 18.9 Å². The number of piperidine rings is 2. The Balaban J connectivity index is 0.00000104. The highest BCUT2D eigenvalue weighted by molar-refractivity contribution is 6.34. The number of hydrogen-bond acceptors (Lipinski definition) is 7. The number of halogens is 4. The fourth-order valence-corrected chi connectivity index (χ4v) is 5.65. The molecule has 3 aromatic rings. The summed E-state index contributed by atoms with van der Waals surface area (Å²) >= 11 is 6.54. The predicted molar refractivity (Wildman–Crippen MR) is 158 cm³/mol. The number of rotatable bonds is 8. The maximum absolute atomic E-state index is 12.9. The van der Waals surface area contributed by atoms with Crippen molar-refractivity contribution in [2.45, 2.75) is 57.2 Å². The predicted octanol–water partition coefficient (Wildman–Crippen LogP) is 5.49. The first kappa shape index (κ1) is 33.3. The van der Waals surface area contributed by atoms with Gasteiger partial charge in [-0.1, -0.05) is 47.1 Å². The lowest BCUT2D eigenvalue weighted by molar-refractivity contribution is -0.144. The van der Waals surface area contributed by atoms with Crippen molar-refractivity contribution in [3.63, 3.8) is 0 Å². The average molecular weight is 637 g/mol. The van der Waals surface area contributed by atoms with Crippen molar-refractivity contribution in [2.75, 3.05) is 38.1 Å². The highest BCUT2D eigenvalue weighted by Crippen LogP contribution is 2.29. The highest BCUT2D eigenvalue weighted by Gasteiger charge is 2.30. The third-order valence-corrected chi connectivity index (χ3v) is 8.03. The molecule has 0 radical (unpaired) electrons. The van der Waals surface area contributed by atoms with Gasteiger partial charge in [0, 0.05) is 45.0 Å². The lowest BCUT2D eigenvalue weighted by Crippen LogP contribution is -2.45. The van der Waals surface area contributed by atoms with Gasteiger partial charge >= 0.3 is 6.68 Å². The lowest BCUT2D eigenvalue weighted by atomic mass is 10.0. The Morgan fingerprint density at radius 1 is 1.02 bits per heavy atom. The number of aliphatic hydroxyl groups excluding tert-OH is 1. The van der Waals surface area contributed by atoms with Crippen LogP contribution in [-0.4, -0.2) is 84.0 Å². The fraction of sp³-hybridized carbons (Fsp3) is 0.452. The van der Waals surface area contributed by atoms with Gasteiger partial charge in [-0.2, -0.15) is 13.2 Å². The second-order valence-electron chi connectivity index (χ2n) is 10.7. The van der Waals surface area contributed by atoms with Crippen LogP contribution in [0, 0.1) is 0 Å². The van der Waals surface area contributed by atoms with Crippen LogP contribution in [0.1, 0.15) is 53.4 Å². The van der Waals surface area contributed by atoms with Gasteiger partial charge < -0.3 is 29.1 Å². The number of alkyl halides is 3. The summed E-state index contributed by atoms with van der Waals surface area (Å²) in [4.78, 5) is 31.2. The van der Waals surface area contributed by atoms with Crippen molar-refractivity contribution in [1.82, 2.24) is 15.0 Å². The molecule has 1 aromatic heterocycles. The molecule has 0 bridgehead atoms. The van der Waals surface area contributed by atoms with E-state index >= 15 is 0 Å². The summed E-state index contributed by atoms with van der Waals surface area (Å²) in [7, 11) is 1.71. The number of carbonyl (C=O) groups excluding carboxylic acids is 2. The van der Waals surface area contributed by atoms with Crippen LogP contribution in [0.15, 0.2) is 65.4 Å². The minimum atomic E-state index is -3.67. The van der Waals surface area contributed by atoms with Crippen molar-refractivity contribution in [2.24, 2.45) is 0 Å². The molecule has 2 aromatic carbocycles. The van der Waals surface area contributed by atoms with Crippen LogP contribution in [0.25, 0.3) is 0 Å². The van der Waals surface area contributed by atoms with E-state index in [1.54, 1.807) is 41.1 Å². The molecule has 0 spiro atoms. The molecule has 1 N–H and O–H groups in total. The molecule has 5 rings (SSSR count). The summed E-state index contributed by atoms with van der Waals surface area (Å²) in [6, 6.07) is 16.4. The summed E-state index contributed by atoms with van der Waals surface area (Å²) in [5, 5.41) is 14.7. The molecule has 2 fully saturated rings. The molecule has 2 aliphatic rings. The number of amides is 2. The van der Waals surface area contributed by atoms with E-state index in [0.29, 0.717) is 41.5 Å². The molecule has 44 heavy (non-hydrogen) atoms. The van der Waals surface area contributed by atoms with E-state index in [4.69, 9.17) is 20.9 Å². The second kappa shape index (κ2) is 15.9. The molecule has 2 aliphatic heterocycles. The normalized spacial score (nSPS) is 16.8. The zero-order valence-electron chi connectivity index (χ0n) is 24.3. The Morgan fingerprint density at radius 3 is 2.20 bits per heavy atom. The van der Waals surface area contributed by atoms with Crippen molar-refractivity contribution >= 4 is 29.1 Å². The number of nitrogens with zero attached hydrogens (tertiary/aromatic N) is 4. The largest absolute Gasteiger partial charge is 0.379 e. The van der Waals surface area contributed by atoms with Gasteiger partial charge in [0.1, 0.15) is 12.0 Å². The minimum Gasteiger partial charge on any atom is -0.378 e. The third-order valence-electron chi connectivity index (χ3n) is 7.72. The van der Waals surface area contributed by atoms with Gasteiger partial charge in [0.15, 0.2) is 6.10 Å². The molecule has 0 aliphatic carbocycles. The topological polar surface area (TPSA) is 99.4 Å². The Labute approximate surface area is 259 Å². The number of aromatic nitrogens is 1. The van der Waals surface area contributed by atoms with E-state index in [2.05, 4.69) is 10.1 Å². The van der Waals surface area contributed by atoms with Gasteiger partial charge in [-0.15, -0.1) is 0 Å². The first-order chi connectivity index (χ1) is 21.1. The first-order valence-electron chi connectivity index (χ1n) is 14.4. The van der Waals surface area contributed by atoms with Crippen LogP contribution >= 0.6 is 11.6 Å². The van der Waals surface area contributed by atoms with Gasteiger partial charge in [0.2, 0.25) is 0 Å². The summed E-state index contributed by atoms with van der Waals surface area (Å²) in [5.41, 5.74) is 2.74. The quantitative estimate of drug-likeness (QED) is 0.349. The lowest BCUT2D eigenvalue weighted by Gasteiger charge is -2.38. The van der Waals surface area contributed by atoms with Gasteiger partial charge in [-0.3, -0.25) is 9.59 Å². The van der Waals surface area contributed by atoms with Crippen molar-refractivity contribution < 1.29 is 37.1 Å².